The van der Waals surface area contributed by atoms with Gasteiger partial charge in [0.2, 0.25) is 0 Å². The van der Waals surface area contributed by atoms with Gasteiger partial charge in [-0.25, -0.2) is 8.42 Å². The minimum absolute atomic E-state index is 0.00671. The highest BCUT2D eigenvalue weighted by Crippen LogP contribution is 2.27. The number of hydrazine groups is 1. The van der Waals surface area contributed by atoms with Gasteiger partial charge in [-0.2, -0.15) is 0 Å². The maximum absolute atomic E-state index is 12.8. The van der Waals surface area contributed by atoms with Crippen LogP contribution < -0.4 is 20.9 Å². The molecule has 1 aliphatic heterocycles. The molecule has 2 aliphatic rings. The summed E-state index contributed by atoms with van der Waals surface area (Å²) in [5.41, 5.74) is 7.01. The molecule has 0 bridgehead atoms. The van der Waals surface area contributed by atoms with Gasteiger partial charge in [0.1, 0.15) is 0 Å². The van der Waals surface area contributed by atoms with Crippen molar-refractivity contribution in [1.82, 2.24) is 16.2 Å². The minimum atomic E-state index is -3.88. The van der Waals surface area contributed by atoms with Crippen molar-refractivity contribution in [3.05, 3.63) is 59.1 Å². The van der Waals surface area contributed by atoms with Crippen LogP contribution in [0.25, 0.3) is 0 Å². The molecule has 3 atom stereocenters. The van der Waals surface area contributed by atoms with Gasteiger partial charge in [0, 0.05) is 24.2 Å². The molecule has 1 saturated heterocycles. The number of sulfonamides is 1. The topological polar surface area (TPSA) is 99.3 Å². The van der Waals surface area contributed by atoms with Crippen molar-refractivity contribution in [1.29, 1.82) is 0 Å². The van der Waals surface area contributed by atoms with E-state index in [0.29, 0.717) is 16.5 Å². The van der Waals surface area contributed by atoms with E-state index in [9.17, 15) is 13.2 Å². The van der Waals surface area contributed by atoms with Crippen LogP contribution in [0.1, 0.15) is 29.6 Å². The van der Waals surface area contributed by atoms with Crippen LogP contribution in [0.2, 0.25) is 5.02 Å². The molecule has 3 unspecified atom stereocenters. The molecular weight excluding hydrogens is 412 g/mol. The predicted molar refractivity (Wildman–Crippen MR) is 112 cm³/mol. The summed E-state index contributed by atoms with van der Waals surface area (Å²) >= 11 is 6.05. The Morgan fingerprint density at radius 2 is 1.93 bits per heavy atom. The molecule has 4 rings (SSSR count). The van der Waals surface area contributed by atoms with E-state index in [-0.39, 0.29) is 28.6 Å². The van der Waals surface area contributed by atoms with Crippen LogP contribution in [-0.2, 0) is 10.0 Å². The molecule has 4 N–H and O–H groups in total. The first-order valence-electron chi connectivity index (χ1n) is 9.61. The summed E-state index contributed by atoms with van der Waals surface area (Å²) in [6, 6.07) is 12.8. The summed E-state index contributed by atoms with van der Waals surface area (Å²) in [6.45, 7) is 0.901. The largest absolute Gasteiger partial charge is 0.348 e. The Labute approximate surface area is 175 Å². The Balaban J connectivity index is 1.50. The van der Waals surface area contributed by atoms with E-state index in [1.165, 1.54) is 12.1 Å². The van der Waals surface area contributed by atoms with Crippen molar-refractivity contribution in [3.8, 4) is 0 Å². The first kappa shape index (κ1) is 20.2. The van der Waals surface area contributed by atoms with Gasteiger partial charge in [0.25, 0.3) is 15.9 Å². The number of anilines is 1. The molecule has 2 aromatic rings. The Morgan fingerprint density at radius 1 is 1.10 bits per heavy atom. The van der Waals surface area contributed by atoms with Crippen molar-refractivity contribution in [2.24, 2.45) is 5.92 Å². The maximum atomic E-state index is 12.8. The fourth-order valence-electron chi connectivity index (χ4n) is 4.01. The highest BCUT2D eigenvalue weighted by Gasteiger charge is 2.37. The van der Waals surface area contributed by atoms with Crippen LogP contribution in [0.3, 0.4) is 0 Å². The lowest BCUT2D eigenvalue weighted by atomic mass is 9.82. The van der Waals surface area contributed by atoms with E-state index in [1.54, 1.807) is 36.4 Å². The van der Waals surface area contributed by atoms with Crippen molar-refractivity contribution < 1.29 is 13.2 Å². The average Bonchev–Trinajstić information content (AvgIpc) is 3.20. The standard InChI is InChI=1S/C20H23ClN4O3S/c21-16-8-1-2-9-17(16)25-29(27,28)15-7-3-5-13(11-15)20(26)23-18-10-4-6-14-12-22-24-19(14)18/h1-3,5,7-9,11,14,18-19,22,24-25H,4,6,10,12H2,(H,23,26). The predicted octanol–water partition coefficient (Wildman–Crippen LogP) is 2.52. The van der Waals surface area contributed by atoms with Crippen LogP contribution in [0.4, 0.5) is 5.69 Å². The minimum Gasteiger partial charge on any atom is -0.348 e. The molecule has 2 fully saturated rings. The summed E-state index contributed by atoms with van der Waals surface area (Å²) in [6.07, 6.45) is 3.10. The van der Waals surface area contributed by atoms with E-state index in [1.807, 2.05) is 0 Å². The molecule has 2 aromatic carbocycles. The molecule has 0 spiro atoms. The number of hydrogen-bond donors (Lipinski definition) is 4. The maximum Gasteiger partial charge on any atom is 0.261 e. The van der Waals surface area contributed by atoms with Crippen molar-refractivity contribution in [2.45, 2.75) is 36.2 Å². The number of hydrogen-bond acceptors (Lipinski definition) is 5. The van der Waals surface area contributed by atoms with Gasteiger partial charge >= 0.3 is 0 Å². The third kappa shape index (κ3) is 4.40. The lowest BCUT2D eigenvalue weighted by molar-refractivity contribution is 0.0909. The zero-order valence-electron chi connectivity index (χ0n) is 15.7. The zero-order valence-corrected chi connectivity index (χ0v) is 17.3. The van der Waals surface area contributed by atoms with Crippen LogP contribution in [0.15, 0.2) is 53.4 Å². The normalized spacial score (nSPS) is 24.0. The van der Waals surface area contributed by atoms with Crippen molar-refractivity contribution >= 4 is 33.2 Å². The smallest absolute Gasteiger partial charge is 0.261 e. The van der Waals surface area contributed by atoms with Gasteiger partial charge in [-0.15, -0.1) is 0 Å². The summed E-state index contributed by atoms with van der Waals surface area (Å²) in [5, 5.41) is 3.37. The van der Waals surface area contributed by atoms with Gasteiger partial charge in [-0.1, -0.05) is 36.2 Å². The first-order chi connectivity index (χ1) is 13.9. The lowest BCUT2D eigenvalue weighted by Gasteiger charge is -2.33. The van der Waals surface area contributed by atoms with E-state index in [4.69, 9.17) is 11.6 Å². The first-order valence-corrected chi connectivity index (χ1v) is 11.5. The zero-order chi connectivity index (χ0) is 20.4. The highest BCUT2D eigenvalue weighted by atomic mass is 35.5. The summed E-state index contributed by atoms with van der Waals surface area (Å²) in [5.74, 6) is 0.222. The summed E-state index contributed by atoms with van der Waals surface area (Å²) in [4.78, 5) is 12.8. The molecule has 1 amide bonds. The number of carbonyl (C=O) groups is 1. The Hall–Kier alpha value is -2.13. The van der Waals surface area contributed by atoms with Crippen molar-refractivity contribution in [2.75, 3.05) is 11.3 Å². The summed E-state index contributed by atoms with van der Waals surface area (Å²) < 4.78 is 28.0. The number of rotatable bonds is 5. The van der Waals surface area contributed by atoms with Gasteiger partial charge in [-0.3, -0.25) is 20.4 Å². The van der Waals surface area contributed by atoms with Gasteiger partial charge in [0.05, 0.1) is 15.6 Å². The molecule has 0 aromatic heterocycles. The molecule has 7 nitrogen and oxygen atoms in total. The molecule has 29 heavy (non-hydrogen) atoms. The van der Waals surface area contributed by atoms with Gasteiger partial charge < -0.3 is 5.32 Å². The number of benzene rings is 2. The quantitative estimate of drug-likeness (QED) is 0.579. The lowest BCUT2D eigenvalue weighted by Crippen LogP contribution is -2.53. The SMILES string of the molecule is O=C(NC1CCCC2CNNC21)c1cccc(S(=O)(=O)Nc2ccccc2Cl)c1. The molecule has 1 aliphatic carbocycles. The van der Waals surface area contributed by atoms with Gasteiger partial charge in [0.15, 0.2) is 0 Å². The van der Waals surface area contributed by atoms with Crippen LogP contribution in [0, 0.1) is 5.92 Å². The Morgan fingerprint density at radius 3 is 2.76 bits per heavy atom. The Bertz CT molecular complexity index is 1010. The third-order valence-corrected chi connectivity index (χ3v) is 7.20. The van der Waals surface area contributed by atoms with Crippen LogP contribution >= 0.6 is 11.6 Å². The molecule has 0 radical (unpaired) electrons. The van der Waals surface area contributed by atoms with Gasteiger partial charge in [-0.05, 0) is 49.1 Å². The number of fused-ring (bicyclic) bond motifs is 1. The number of amides is 1. The highest BCUT2D eigenvalue weighted by molar-refractivity contribution is 7.92. The Kier molecular flexibility index (Phi) is 5.78. The third-order valence-electron chi connectivity index (χ3n) is 5.51. The van der Waals surface area contributed by atoms with Crippen LogP contribution in [0.5, 0.6) is 0 Å². The molecule has 9 heteroatoms. The van der Waals surface area contributed by atoms with E-state index >= 15 is 0 Å². The van der Waals surface area contributed by atoms with E-state index in [0.717, 1.165) is 25.8 Å². The van der Waals surface area contributed by atoms with Crippen molar-refractivity contribution in [3.63, 3.8) is 0 Å². The van der Waals surface area contributed by atoms with E-state index in [2.05, 4.69) is 20.9 Å². The summed E-state index contributed by atoms with van der Waals surface area (Å²) in [7, 11) is -3.88. The monoisotopic (exact) mass is 434 g/mol. The average molecular weight is 435 g/mol. The molecule has 154 valence electrons. The fraction of sp³-hybridized carbons (Fsp3) is 0.350. The van der Waals surface area contributed by atoms with E-state index < -0.39 is 10.0 Å². The second kappa shape index (κ2) is 8.31. The molecule has 1 heterocycles. The number of halogens is 1. The van der Waals surface area contributed by atoms with Crippen LogP contribution in [-0.4, -0.2) is 33.0 Å². The second-order valence-electron chi connectivity index (χ2n) is 7.44. The number of para-hydroxylation sites is 1. The second-order valence-corrected chi connectivity index (χ2v) is 9.52. The number of carbonyl (C=O) groups excluding carboxylic acids is 1. The fourth-order valence-corrected chi connectivity index (χ4v) is 5.37. The number of nitrogens with one attached hydrogen (secondary N) is 4. The molecular formula is C20H23ClN4O3S. The molecule has 1 saturated carbocycles.